The van der Waals surface area contributed by atoms with Crippen molar-refractivity contribution >= 4 is 55.5 Å². The molecule has 0 unspecified atom stereocenters. The smallest absolute Gasteiger partial charge is 0.0714 e. The number of fused-ring (bicyclic) bond motifs is 7. The molecule has 0 spiro atoms. The number of nitrogens with zero attached hydrogens (tertiary/aromatic N) is 1. The highest BCUT2D eigenvalue weighted by Crippen LogP contribution is 2.57. The minimum atomic E-state index is -0.512. The van der Waals surface area contributed by atoms with E-state index in [0.717, 1.165) is 22.6 Å². The van der Waals surface area contributed by atoms with E-state index in [1.54, 1.807) is 0 Å². The zero-order chi connectivity index (χ0) is 44.0. The maximum absolute atomic E-state index is 3.85. The Morgan fingerprint density at radius 1 is 0.348 bits per heavy atom. The van der Waals surface area contributed by atoms with Crippen LogP contribution in [0.4, 0.5) is 17.1 Å². The molecule has 0 aromatic heterocycles. The van der Waals surface area contributed by atoms with Crippen LogP contribution in [0.3, 0.4) is 0 Å². The Morgan fingerprint density at radius 3 is 1.58 bits per heavy atom. The minimum absolute atomic E-state index is 0.512. The van der Waals surface area contributed by atoms with Crippen LogP contribution >= 0.6 is 0 Å². The van der Waals surface area contributed by atoms with Gasteiger partial charge in [-0.3, -0.25) is 0 Å². The van der Waals surface area contributed by atoms with Gasteiger partial charge in [0.05, 0.1) is 5.41 Å². The van der Waals surface area contributed by atoms with Crippen LogP contribution in [0.1, 0.15) is 27.8 Å². The van der Waals surface area contributed by atoms with Crippen LogP contribution < -0.4 is 4.90 Å². The van der Waals surface area contributed by atoms with Gasteiger partial charge in [-0.1, -0.05) is 213 Å². The second-order valence-corrected chi connectivity index (χ2v) is 17.3. The van der Waals surface area contributed by atoms with Crippen molar-refractivity contribution in [2.45, 2.75) is 5.41 Å². The number of hydrogen-bond donors (Lipinski definition) is 0. The third-order valence-corrected chi connectivity index (χ3v) is 13.7. The molecule has 12 rings (SSSR count). The van der Waals surface area contributed by atoms with Crippen molar-refractivity contribution < 1.29 is 0 Å². The molecule has 0 fully saturated rings. The van der Waals surface area contributed by atoms with E-state index < -0.39 is 5.41 Å². The van der Waals surface area contributed by atoms with Crippen LogP contribution in [-0.2, 0) is 5.41 Å². The molecule has 0 radical (unpaired) electrons. The predicted molar refractivity (Wildman–Crippen MR) is 281 cm³/mol. The van der Waals surface area contributed by atoms with Gasteiger partial charge in [0.2, 0.25) is 0 Å². The van der Waals surface area contributed by atoms with E-state index >= 15 is 0 Å². The van der Waals surface area contributed by atoms with E-state index in [1.165, 1.54) is 88.0 Å². The summed E-state index contributed by atoms with van der Waals surface area (Å²) in [7, 11) is 0. The standard InChI is InChI=1S/C65H45N/c1-2-3-14-45-23-24-48-25-29-51(42-53(48)41-45)46-31-35-56(36-32-46)66(57-37-33-47(34-38-57)52-30-28-50-27-26-49-15-10-11-20-59(49)62(50)43-52)58-39-40-61-60-21-12-13-22-63(60)65(64(61)44-58,54-16-6-4-7-17-54)55-18-8-5-9-19-55/h2-44H,1H2/b14-3-. The first-order valence-corrected chi connectivity index (χ1v) is 22.8. The quantitative estimate of drug-likeness (QED) is 0.103. The molecule has 66 heavy (non-hydrogen) atoms. The van der Waals surface area contributed by atoms with Gasteiger partial charge in [-0.25, -0.2) is 0 Å². The molecule has 11 aromatic rings. The summed E-state index contributed by atoms with van der Waals surface area (Å²) in [5.74, 6) is 0. The third-order valence-electron chi connectivity index (χ3n) is 13.7. The highest BCUT2D eigenvalue weighted by Gasteiger charge is 2.46. The zero-order valence-electron chi connectivity index (χ0n) is 36.5. The largest absolute Gasteiger partial charge is 0.310 e. The first kappa shape index (κ1) is 39.1. The van der Waals surface area contributed by atoms with E-state index in [0.29, 0.717) is 0 Å². The van der Waals surface area contributed by atoms with Crippen LogP contribution in [0.2, 0.25) is 0 Å². The normalized spacial score (nSPS) is 12.7. The van der Waals surface area contributed by atoms with E-state index in [1.807, 2.05) is 12.2 Å². The average molecular weight is 840 g/mol. The van der Waals surface area contributed by atoms with Crippen LogP contribution in [0.25, 0.3) is 71.8 Å². The summed E-state index contributed by atoms with van der Waals surface area (Å²) in [5.41, 5.74) is 16.3. The molecule has 0 N–H and O–H groups in total. The highest BCUT2D eigenvalue weighted by molar-refractivity contribution is 6.08. The van der Waals surface area contributed by atoms with Crippen molar-refractivity contribution in [1.29, 1.82) is 0 Å². The molecule has 1 heteroatoms. The van der Waals surface area contributed by atoms with Crippen molar-refractivity contribution in [3.8, 4) is 33.4 Å². The lowest BCUT2D eigenvalue weighted by atomic mass is 9.67. The Morgan fingerprint density at radius 2 is 0.879 bits per heavy atom. The van der Waals surface area contributed by atoms with Crippen LogP contribution in [0.15, 0.2) is 261 Å². The van der Waals surface area contributed by atoms with Crippen LogP contribution in [0, 0.1) is 0 Å². The Bertz CT molecular complexity index is 3600. The van der Waals surface area contributed by atoms with Gasteiger partial charge in [0, 0.05) is 17.1 Å². The maximum Gasteiger partial charge on any atom is 0.0714 e. The van der Waals surface area contributed by atoms with E-state index in [9.17, 15) is 0 Å². The summed E-state index contributed by atoms with van der Waals surface area (Å²) in [4.78, 5) is 2.42. The summed E-state index contributed by atoms with van der Waals surface area (Å²) < 4.78 is 0. The average Bonchev–Trinajstić information content (AvgIpc) is 3.69. The summed E-state index contributed by atoms with van der Waals surface area (Å²) in [6, 6.07) is 89.7. The summed E-state index contributed by atoms with van der Waals surface area (Å²) in [6.45, 7) is 3.85. The molecule has 0 saturated heterocycles. The molecular weight excluding hydrogens is 795 g/mol. The van der Waals surface area contributed by atoms with Gasteiger partial charge in [-0.15, -0.1) is 0 Å². The number of hydrogen-bond acceptors (Lipinski definition) is 1. The molecule has 1 nitrogen and oxygen atoms in total. The molecule has 0 heterocycles. The molecule has 1 aliphatic carbocycles. The lowest BCUT2D eigenvalue weighted by Gasteiger charge is -2.35. The van der Waals surface area contributed by atoms with E-state index in [2.05, 4.69) is 260 Å². The SMILES string of the molecule is C=C/C=C\c1ccc2ccc(-c3ccc(N(c4ccc(-c5ccc6ccc7ccccc7c6c5)cc4)c4ccc5c(c4)C(c4ccccc4)(c4ccccc4)c4ccccc4-5)cc3)cc2c1. The van der Waals surface area contributed by atoms with Gasteiger partial charge < -0.3 is 4.90 Å². The van der Waals surface area contributed by atoms with Crippen molar-refractivity contribution in [2.75, 3.05) is 4.90 Å². The molecular formula is C65H45N. The molecule has 0 aliphatic heterocycles. The topological polar surface area (TPSA) is 3.24 Å². The Kier molecular flexibility index (Phi) is 9.62. The van der Waals surface area contributed by atoms with Gasteiger partial charge in [0.1, 0.15) is 0 Å². The van der Waals surface area contributed by atoms with Crippen molar-refractivity contribution in [3.05, 3.63) is 289 Å². The Hall–Kier alpha value is -8.52. The summed E-state index contributed by atoms with van der Waals surface area (Å²) in [6.07, 6.45) is 5.90. The van der Waals surface area contributed by atoms with Crippen LogP contribution in [0.5, 0.6) is 0 Å². The second-order valence-electron chi connectivity index (χ2n) is 17.3. The number of rotatable bonds is 9. The Balaban J connectivity index is 1.01. The highest BCUT2D eigenvalue weighted by atomic mass is 15.1. The van der Waals surface area contributed by atoms with Crippen molar-refractivity contribution in [3.63, 3.8) is 0 Å². The molecule has 0 bridgehead atoms. The third kappa shape index (κ3) is 6.56. The molecule has 0 atom stereocenters. The molecule has 1 aliphatic rings. The van der Waals surface area contributed by atoms with Crippen molar-refractivity contribution in [1.82, 2.24) is 0 Å². The lowest BCUT2D eigenvalue weighted by Crippen LogP contribution is -2.28. The van der Waals surface area contributed by atoms with E-state index in [-0.39, 0.29) is 0 Å². The maximum atomic E-state index is 3.85. The predicted octanol–water partition coefficient (Wildman–Crippen LogP) is 17.5. The lowest BCUT2D eigenvalue weighted by molar-refractivity contribution is 0.768. The summed E-state index contributed by atoms with van der Waals surface area (Å²) in [5, 5.41) is 7.48. The second kappa shape index (κ2) is 16.2. The fourth-order valence-corrected chi connectivity index (χ4v) is 10.5. The van der Waals surface area contributed by atoms with Crippen molar-refractivity contribution in [2.24, 2.45) is 0 Å². The van der Waals surface area contributed by atoms with Gasteiger partial charge in [0.25, 0.3) is 0 Å². The van der Waals surface area contributed by atoms with Gasteiger partial charge in [0.15, 0.2) is 0 Å². The van der Waals surface area contributed by atoms with Gasteiger partial charge in [-0.05, 0) is 148 Å². The number of anilines is 3. The first-order chi connectivity index (χ1) is 32.7. The fourth-order valence-electron chi connectivity index (χ4n) is 10.5. The minimum Gasteiger partial charge on any atom is -0.310 e. The molecule has 310 valence electrons. The van der Waals surface area contributed by atoms with Crippen LogP contribution in [-0.4, -0.2) is 0 Å². The van der Waals surface area contributed by atoms with Gasteiger partial charge >= 0.3 is 0 Å². The molecule has 0 saturated carbocycles. The molecule has 11 aromatic carbocycles. The number of allylic oxidation sites excluding steroid dienone is 2. The Labute approximate surface area is 386 Å². The zero-order valence-corrected chi connectivity index (χ0v) is 36.5. The van der Waals surface area contributed by atoms with Gasteiger partial charge in [-0.2, -0.15) is 0 Å². The monoisotopic (exact) mass is 839 g/mol. The first-order valence-electron chi connectivity index (χ1n) is 22.8. The van der Waals surface area contributed by atoms with E-state index in [4.69, 9.17) is 0 Å². The summed E-state index contributed by atoms with van der Waals surface area (Å²) >= 11 is 0. The molecule has 0 amide bonds. The fraction of sp³-hybridized carbons (Fsp3) is 0.0154. The number of benzene rings is 11.